The maximum Gasteiger partial charge on any atom is 0.251 e. The minimum atomic E-state index is 0.0186. The molecule has 0 unspecified atom stereocenters. The van der Waals surface area contributed by atoms with Crippen molar-refractivity contribution in [2.75, 3.05) is 0 Å². The third-order valence-corrected chi connectivity index (χ3v) is 4.38. The number of carbonyl (C=O) groups is 1. The van der Waals surface area contributed by atoms with Crippen LogP contribution in [0.3, 0.4) is 0 Å². The second-order valence-electron chi connectivity index (χ2n) is 5.27. The summed E-state index contributed by atoms with van der Waals surface area (Å²) in [6.07, 6.45) is 5.11. The van der Waals surface area contributed by atoms with Crippen LogP contribution in [-0.4, -0.2) is 11.9 Å². The smallest absolute Gasteiger partial charge is 0.251 e. The summed E-state index contributed by atoms with van der Waals surface area (Å²) >= 11 is 5.89. The highest BCUT2D eigenvalue weighted by Crippen LogP contribution is 2.44. The Bertz CT molecular complexity index is 446. The fourth-order valence-corrected chi connectivity index (χ4v) is 3.49. The maximum absolute atomic E-state index is 12.1. The molecule has 1 amide bonds. The second kappa shape index (κ2) is 4.34. The summed E-state index contributed by atoms with van der Waals surface area (Å²) in [5, 5.41) is 3.77. The SMILES string of the molecule is O=C(N[C@H]1C[C@@H]2CC[C@@H]1C2)c1cccc(Cl)c1. The van der Waals surface area contributed by atoms with E-state index in [0.29, 0.717) is 22.5 Å². The molecule has 0 radical (unpaired) electrons. The van der Waals surface area contributed by atoms with Gasteiger partial charge in [0.1, 0.15) is 0 Å². The van der Waals surface area contributed by atoms with Crippen LogP contribution in [-0.2, 0) is 0 Å². The average Bonchev–Trinajstić information content (AvgIpc) is 2.91. The summed E-state index contributed by atoms with van der Waals surface area (Å²) in [4.78, 5) is 12.1. The van der Waals surface area contributed by atoms with Crippen molar-refractivity contribution >= 4 is 17.5 Å². The predicted octanol–water partition coefficient (Wildman–Crippen LogP) is 3.26. The van der Waals surface area contributed by atoms with Crippen LogP contribution in [0.4, 0.5) is 0 Å². The van der Waals surface area contributed by atoms with Crippen LogP contribution in [0.2, 0.25) is 5.02 Å². The van der Waals surface area contributed by atoms with Gasteiger partial charge in [-0.1, -0.05) is 24.1 Å². The van der Waals surface area contributed by atoms with Crippen LogP contribution < -0.4 is 5.32 Å². The lowest BCUT2D eigenvalue weighted by atomic mass is 9.95. The number of rotatable bonds is 2. The summed E-state index contributed by atoms with van der Waals surface area (Å²) in [6, 6.07) is 7.53. The predicted molar refractivity (Wildman–Crippen MR) is 68.2 cm³/mol. The summed E-state index contributed by atoms with van der Waals surface area (Å²) in [5.41, 5.74) is 0.667. The maximum atomic E-state index is 12.1. The molecule has 3 atom stereocenters. The summed E-state index contributed by atoms with van der Waals surface area (Å²) in [5.74, 6) is 1.58. The van der Waals surface area contributed by atoms with Gasteiger partial charge in [0, 0.05) is 16.6 Å². The van der Waals surface area contributed by atoms with Crippen LogP contribution in [0.1, 0.15) is 36.0 Å². The second-order valence-corrected chi connectivity index (χ2v) is 5.70. The van der Waals surface area contributed by atoms with Crippen molar-refractivity contribution in [1.82, 2.24) is 5.32 Å². The molecule has 0 heterocycles. The van der Waals surface area contributed by atoms with E-state index in [9.17, 15) is 4.79 Å². The van der Waals surface area contributed by atoms with Crippen molar-refractivity contribution in [3.05, 3.63) is 34.9 Å². The molecule has 0 spiro atoms. The molecular weight excluding hydrogens is 234 g/mol. The first kappa shape index (κ1) is 11.1. The minimum Gasteiger partial charge on any atom is -0.349 e. The number of halogens is 1. The van der Waals surface area contributed by atoms with Crippen LogP contribution >= 0.6 is 11.6 Å². The van der Waals surface area contributed by atoms with Gasteiger partial charge in [-0.15, -0.1) is 0 Å². The zero-order chi connectivity index (χ0) is 11.8. The molecule has 2 fully saturated rings. The zero-order valence-corrected chi connectivity index (χ0v) is 10.4. The van der Waals surface area contributed by atoms with Gasteiger partial charge in [-0.25, -0.2) is 0 Å². The molecule has 0 aliphatic heterocycles. The van der Waals surface area contributed by atoms with Gasteiger partial charge in [0.05, 0.1) is 0 Å². The fraction of sp³-hybridized carbons (Fsp3) is 0.500. The van der Waals surface area contributed by atoms with E-state index in [1.165, 1.54) is 19.3 Å². The van der Waals surface area contributed by atoms with Gasteiger partial charge < -0.3 is 5.32 Å². The minimum absolute atomic E-state index is 0.0186. The highest BCUT2D eigenvalue weighted by molar-refractivity contribution is 6.30. The molecule has 0 saturated heterocycles. The quantitative estimate of drug-likeness (QED) is 0.857. The van der Waals surface area contributed by atoms with Crippen LogP contribution in [0, 0.1) is 11.8 Å². The van der Waals surface area contributed by atoms with E-state index in [1.807, 2.05) is 12.1 Å². The molecule has 2 nitrogen and oxygen atoms in total. The molecule has 17 heavy (non-hydrogen) atoms. The molecule has 2 aliphatic rings. The highest BCUT2D eigenvalue weighted by atomic mass is 35.5. The van der Waals surface area contributed by atoms with Gasteiger partial charge in [-0.05, 0) is 49.3 Å². The van der Waals surface area contributed by atoms with Crippen LogP contribution in [0.5, 0.6) is 0 Å². The summed E-state index contributed by atoms with van der Waals surface area (Å²) in [7, 11) is 0. The molecule has 1 aromatic rings. The Balaban J connectivity index is 1.68. The van der Waals surface area contributed by atoms with Gasteiger partial charge in [0.2, 0.25) is 0 Å². The summed E-state index contributed by atoms with van der Waals surface area (Å²) < 4.78 is 0. The molecule has 2 bridgehead atoms. The molecule has 3 heteroatoms. The van der Waals surface area contributed by atoms with E-state index in [-0.39, 0.29) is 5.91 Å². The first-order valence-corrected chi connectivity index (χ1v) is 6.66. The van der Waals surface area contributed by atoms with Crippen LogP contribution in [0.25, 0.3) is 0 Å². The van der Waals surface area contributed by atoms with Crippen molar-refractivity contribution in [2.45, 2.75) is 31.7 Å². The molecule has 1 aromatic carbocycles. The monoisotopic (exact) mass is 249 g/mol. The number of fused-ring (bicyclic) bond motifs is 2. The lowest BCUT2D eigenvalue weighted by molar-refractivity contribution is 0.0923. The van der Waals surface area contributed by atoms with Crippen molar-refractivity contribution in [2.24, 2.45) is 11.8 Å². The Labute approximate surface area is 106 Å². The van der Waals surface area contributed by atoms with E-state index < -0.39 is 0 Å². The number of hydrogen-bond acceptors (Lipinski definition) is 1. The Hall–Kier alpha value is -1.02. The van der Waals surface area contributed by atoms with Gasteiger partial charge in [0.25, 0.3) is 5.91 Å². The van der Waals surface area contributed by atoms with Crippen molar-refractivity contribution in [3.8, 4) is 0 Å². The molecule has 2 aliphatic carbocycles. The number of nitrogens with one attached hydrogen (secondary N) is 1. The fourth-order valence-electron chi connectivity index (χ4n) is 3.30. The van der Waals surface area contributed by atoms with Crippen molar-refractivity contribution in [3.63, 3.8) is 0 Å². The Morgan fingerprint density at radius 1 is 1.29 bits per heavy atom. The lowest BCUT2D eigenvalue weighted by Gasteiger charge is -2.22. The Kier molecular flexibility index (Phi) is 2.83. The van der Waals surface area contributed by atoms with Crippen molar-refractivity contribution in [1.29, 1.82) is 0 Å². The number of benzene rings is 1. The number of amides is 1. The molecule has 3 rings (SSSR count). The topological polar surface area (TPSA) is 29.1 Å². The third-order valence-electron chi connectivity index (χ3n) is 4.14. The molecule has 90 valence electrons. The first-order valence-electron chi connectivity index (χ1n) is 6.29. The molecule has 2 saturated carbocycles. The molecular formula is C14H16ClNO. The van der Waals surface area contributed by atoms with Gasteiger partial charge in [-0.2, -0.15) is 0 Å². The summed E-state index contributed by atoms with van der Waals surface area (Å²) in [6.45, 7) is 0. The lowest BCUT2D eigenvalue weighted by Crippen LogP contribution is -2.38. The van der Waals surface area contributed by atoms with E-state index in [2.05, 4.69) is 5.32 Å². The largest absolute Gasteiger partial charge is 0.349 e. The standard InChI is InChI=1S/C14H16ClNO/c15-12-3-1-2-11(8-12)14(17)16-13-7-9-4-5-10(13)6-9/h1-3,8-10,13H,4-7H2,(H,16,17)/t9-,10-,13+/m1/s1. The van der Waals surface area contributed by atoms with E-state index >= 15 is 0 Å². The number of carbonyl (C=O) groups excluding carboxylic acids is 1. The number of hydrogen-bond donors (Lipinski definition) is 1. The normalized spacial score (nSPS) is 30.5. The van der Waals surface area contributed by atoms with Gasteiger partial charge in [0.15, 0.2) is 0 Å². The average molecular weight is 250 g/mol. The molecule has 1 N–H and O–H groups in total. The Morgan fingerprint density at radius 2 is 2.18 bits per heavy atom. The van der Waals surface area contributed by atoms with E-state index in [0.717, 1.165) is 12.3 Å². The van der Waals surface area contributed by atoms with E-state index in [4.69, 9.17) is 11.6 Å². The van der Waals surface area contributed by atoms with Crippen molar-refractivity contribution < 1.29 is 4.79 Å². The first-order chi connectivity index (χ1) is 8.22. The zero-order valence-electron chi connectivity index (χ0n) is 9.66. The van der Waals surface area contributed by atoms with Gasteiger partial charge >= 0.3 is 0 Å². The molecule has 0 aromatic heterocycles. The van der Waals surface area contributed by atoms with E-state index in [1.54, 1.807) is 12.1 Å². The van der Waals surface area contributed by atoms with Gasteiger partial charge in [-0.3, -0.25) is 4.79 Å². The highest BCUT2D eigenvalue weighted by Gasteiger charge is 2.40. The van der Waals surface area contributed by atoms with Crippen LogP contribution in [0.15, 0.2) is 24.3 Å². The Morgan fingerprint density at radius 3 is 2.82 bits per heavy atom. The third kappa shape index (κ3) is 2.19.